The topological polar surface area (TPSA) is 24.7 Å². The van der Waals surface area contributed by atoms with Crippen molar-refractivity contribution in [3.63, 3.8) is 0 Å². The lowest BCUT2D eigenvalue weighted by atomic mass is 9.82. The molecule has 0 aromatic heterocycles. The molecule has 0 fully saturated rings. The predicted molar refractivity (Wildman–Crippen MR) is 147 cm³/mol. The molecule has 2 rings (SSSR count). The van der Waals surface area contributed by atoms with Gasteiger partial charge >= 0.3 is 0 Å². The standard InChI is InChI=1S/C31H51N2/c1-3-4-5-6-7-8-9-10-11-12-13-14-15-16-17-21-24-30(27-29-22-19-18-20-23-29)28(2)31-32-25-26-33-31/h18-20,22-23,25-26,28,30H,3-17,21,24,27H2,1-2H3/q+1. The summed E-state index contributed by atoms with van der Waals surface area (Å²) in [6, 6.07) is 11.0. The van der Waals surface area contributed by atoms with E-state index in [0.717, 1.165) is 12.6 Å². The van der Waals surface area contributed by atoms with Crippen molar-refractivity contribution in [3.8, 4) is 0 Å². The number of hydrogen-bond donors (Lipinski definition) is 0. The molecule has 184 valence electrons. The minimum Gasteiger partial charge on any atom is -0.0965 e. The van der Waals surface area contributed by atoms with Gasteiger partial charge in [0, 0.05) is 0 Å². The van der Waals surface area contributed by atoms with E-state index in [2.05, 4.69) is 54.2 Å². The van der Waals surface area contributed by atoms with Crippen LogP contribution in [-0.2, 0) is 6.42 Å². The van der Waals surface area contributed by atoms with Crippen LogP contribution in [0.3, 0.4) is 0 Å². The lowest BCUT2D eigenvalue weighted by molar-refractivity contribution is 0.328. The molecule has 33 heavy (non-hydrogen) atoms. The maximum absolute atomic E-state index is 4.49. The van der Waals surface area contributed by atoms with Gasteiger partial charge in [0.2, 0.25) is 6.17 Å². The van der Waals surface area contributed by atoms with E-state index in [9.17, 15) is 0 Å². The van der Waals surface area contributed by atoms with Crippen LogP contribution in [0.5, 0.6) is 0 Å². The largest absolute Gasteiger partial charge is 0.243 e. The summed E-state index contributed by atoms with van der Waals surface area (Å²) in [6.07, 6.45) is 30.0. The van der Waals surface area contributed by atoms with Crippen molar-refractivity contribution < 1.29 is 0 Å². The zero-order valence-corrected chi connectivity index (χ0v) is 21.8. The molecule has 0 amide bonds. The molecule has 0 saturated carbocycles. The van der Waals surface area contributed by atoms with E-state index in [1.165, 1.54) is 115 Å². The van der Waals surface area contributed by atoms with E-state index in [-0.39, 0.29) is 0 Å². The molecule has 1 aliphatic rings. The molecule has 2 heteroatoms. The van der Waals surface area contributed by atoms with Gasteiger partial charge in [-0.05, 0) is 31.2 Å². The van der Waals surface area contributed by atoms with Gasteiger partial charge in [0.15, 0.2) is 12.4 Å². The molecular formula is C31H51N2+. The molecule has 0 saturated heterocycles. The zero-order valence-electron chi connectivity index (χ0n) is 21.8. The molecule has 2 nitrogen and oxygen atoms in total. The van der Waals surface area contributed by atoms with E-state index in [0.29, 0.717) is 11.8 Å². The first-order chi connectivity index (χ1) is 16.3. The van der Waals surface area contributed by atoms with Crippen molar-refractivity contribution in [2.45, 2.75) is 129 Å². The van der Waals surface area contributed by atoms with Gasteiger partial charge in [0.05, 0.1) is 5.92 Å². The molecule has 1 aromatic rings. The third kappa shape index (κ3) is 13.0. The molecule has 0 aliphatic carbocycles. The predicted octanol–water partition coefficient (Wildman–Crippen LogP) is 9.78. The van der Waals surface area contributed by atoms with Crippen LogP contribution in [0.2, 0.25) is 0 Å². The lowest BCUT2D eigenvalue weighted by Crippen LogP contribution is -2.19. The lowest BCUT2D eigenvalue weighted by Gasteiger charge is -2.22. The average molecular weight is 452 g/mol. The highest BCUT2D eigenvalue weighted by Gasteiger charge is 2.31. The zero-order chi connectivity index (χ0) is 23.4. The number of unbranched alkanes of at least 4 members (excludes halogenated alkanes) is 15. The SMILES string of the molecule is CCCCCCCCCCCCCCCCCCC(Cc1ccccc1)C(C)[C+]1N=CC=N1. The molecule has 0 bridgehead atoms. The van der Waals surface area contributed by atoms with Crippen LogP contribution in [0.1, 0.15) is 129 Å². The van der Waals surface area contributed by atoms with Crippen LogP contribution >= 0.6 is 0 Å². The summed E-state index contributed by atoms with van der Waals surface area (Å²) >= 11 is 0. The molecule has 0 radical (unpaired) electrons. The van der Waals surface area contributed by atoms with Crippen molar-refractivity contribution in [2.24, 2.45) is 21.8 Å². The molecule has 0 N–H and O–H groups in total. The van der Waals surface area contributed by atoms with Gasteiger partial charge in [0.1, 0.15) is 0 Å². The van der Waals surface area contributed by atoms with E-state index in [1.54, 1.807) is 0 Å². The maximum Gasteiger partial charge on any atom is 0.243 e. The average Bonchev–Trinajstić information content (AvgIpc) is 3.38. The number of aliphatic imine (C=N–C) groups is 2. The van der Waals surface area contributed by atoms with Gasteiger partial charge in [-0.2, -0.15) is 0 Å². The van der Waals surface area contributed by atoms with E-state index >= 15 is 0 Å². The number of rotatable bonds is 21. The van der Waals surface area contributed by atoms with Crippen molar-refractivity contribution in [3.05, 3.63) is 42.1 Å². The third-order valence-corrected chi connectivity index (χ3v) is 7.36. The summed E-state index contributed by atoms with van der Waals surface area (Å²) in [4.78, 5) is 8.98. The Bertz CT molecular complexity index is 609. The first-order valence-electron chi connectivity index (χ1n) is 14.3. The van der Waals surface area contributed by atoms with Crippen molar-refractivity contribution in [1.29, 1.82) is 0 Å². The van der Waals surface area contributed by atoms with Crippen LogP contribution < -0.4 is 0 Å². The Labute approximate surface area is 205 Å². The summed E-state index contributed by atoms with van der Waals surface area (Å²) in [6.45, 7) is 4.61. The van der Waals surface area contributed by atoms with Crippen LogP contribution in [0.25, 0.3) is 0 Å². The summed E-state index contributed by atoms with van der Waals surface area (Å²) in [5, 5.41) is 0. The Morgan fingerprint density at radius 3 is 1.58 bits per heavy atom. The Morgan fingerprint density at radius 1 is 0.636 bits per heavy atom. The molecule has 2 atom stereocenters. The van der Waals surface area contributed by atoms with Gasteiger partial charge in [-0.3, -0.25) is 0 Å². The Balaban J connectivity index is 1.48. The quantitative estimate of drug-likeness (QED) is 0.131. The second kappa shape index (κ2) is 18.8. The highest BCUT2D eigenvalue weighted by molar-refractivity contribution is 6.18. The van der Waals surface area contributed by atoms with Gasteiger partial charge in [-0.15, -0.1) is 0 Å². The third-order valence-electron chi connectivity index (χ3n) is 7.36. The van der Waals surface area contributed by atoms with Gasteiger partial charge in [0.25, 0.3) is 0 Å². The molecular weight excluding hydrogens is 400 g/mol. The second-order valence-electron chi connectivity index (χ2n) is 10.2. The first-order valence-corrected chi connectivity index (χ1v) is 14.3. The van der Waals surface area contributed by atoms with Crippen LogP contribution in [0, 0.1) is 18.0 Å². The maximum atomic E-state index is 4.49. The van der Waals surface area contributed by atoms with E-state index < -0.39 is 0 Å². The minimum atomic E-state index is 0.427. The van der Waals surface area contributed by atoms with Gasteiger partial charge in [-0.1, -0.05) is 150 Å². The van der Waals surface area contributed by atoms with Crippen molar-refractivity contribution in [2.75, 3.05) is 0 Å². The van der Waals surface area contributed by atoms with E-state index in [1.807, 2.05) is 12.4 Å². The van der Waals surface area contributed by atoms with Crippen molar-refractivity contribution in [1.82, 2.24) is 0 Å². The van der Waals surface area contributed by atoms with Gasteiger partial charge < -0.3 is 0 Å². The number of benzene rings is 1. The minimum absolute atomic E-state index is 0.427. The molecule has 1 aromatic carbocycles. The monoisotopic (exact) mass is 451 g/mol. The van der Waals surface area contributed by atoms with Gasteiger partial charge in [-0.25, -0.2) is 0 Å². The summed E-state index contributed by atoms with van der Waals surface area (Å²) in [5.74, 6) is 1.05. The highest BCUT2D eigenvalue weighted by Crippen LogP contribution is 2.32. The summed E-state index contributed by atoms with van der Waals surface area (Å²) in [5.41, 5.74) is 1.44. The fraction of sp³-hybridized carbons (Fsp3) is 0.710. The Kier molecular flexibility index (Phi) is 15.8. The summed E-state index contributed by atoms with van der Waals surface area (Å²) in [7, 11) is 0. The Hall–Kier alpha value is -1.57. The molecule has 0 spiro atoms. The number of nitrogens with zero attached hydrogens (tertiary/aromatic N) is 2. The van der Waals surface area contributed by atoms with E-state index in [4.69, 9.17) is 0 Å². The van der Waals surface area contributed by atoms with Crippen LogP contribution in [0.15, 0.2) is 40.3 Å². The molecule has 1 heterocycles. The fourth-order valence-corrected chi connectivity index (χ4v) is 5.10. The van der Waals surface area contributed by atoms with Crippen LogP contribution in [0.4, 0.5) is 0 Å². The molecule has 1 aliphatic heterocycles. The Morgan fingerprint density at radius 2 is 1.09 bits per heavy atom. The van der Waals surface area contributed by atoms with Crippen LogP contribution in [-0.4, -0.2) is 12.4 Å². The normalized spacial score (nSPS) is 14.8. The summed E-state index contributed by atoms with van der Waals surface area (Å²) < 4.78 is 0. The molecule has 2 unspecified atom stereocenters. The second-order valence-corrected chi connectivity index (χ2v) is 10.2. The first kappa shape index (κ1) is 27.7. The van der Waals surface area contributed by atoms with Crippen molar-refractivity contribution >= 4 is 12.4 Å². The fourth-order valence-electron chi connectivity index (χ4n) is 5.10. The smallest absolute Gasteiger partial charge is 0.0965 e. The highest BCUT2D eigenvalue weighted by atomic mass is 15.0. The number of hydrogen-bond acceptors (Lipinski definition) is 2.